The molecule has 0 spiro atoms. The minimum atomic E-state index is 0.300. The van der Waals surface area contributed by atoms with Crippen molar-refractivity contribution in [2.45, 2.75) is 32.1 Å². The van der Waals surface area contributed by atoms with Crippen molar-refractivity contribution in [1.82, 2.24) is 0 Å². The van der Waals surface area contributed by atoms with Crippen LogP contribution in [0.2, 0.25) is 0 Å². The minimum absolute atomic E-state index is 0.300. The monoisotopic (exact) mass is 211 g/mol. The highest BCUT2D eigenvalue weighted by Gasteiger charge is 2.15. The molecule has 1 fully saturated rings. The summed E-state index contributed by atoms with van der Waals surface area (Å²) in [6, 6.07) is 1.89. The Labute approximate surface area is 89.3 Å². The van der Waals surface area contributed by atoms with E-state index in [1.807, 2.05) is 6.07 Å². The van der Waals surface area contributed by atoms with Gasteiger partial charge in [0, 0.05) is 25.3 Å². The quantitative estimate of drug-likeness (QED) is 0.818. The maximum atomic E-state index is 5.74. The van der Waals surface area contributed by atoms with Crippen LogP contribution in [0.25, 0.3) is 0 Å². The van der Waals surface area contributed by atoms with E-state index in [4.69, 9.17) is 19.6 Å². The summed E-state index contributed by atoms with van der Waals surface area (Å²) in [6.45, 7) is 2.62. The summed E-state index contributed by atoms with van der Waals surface area (Å²) in [4.78, 5) is 0. The highest BCUT2D eigenvalue weighted by molar-refractivity contribution is 5.15. The second-order valence-electron chi connectivity index (χ2n) is 3.70. The van der Waals surface area contributed by atoms with E-state index in [1.54, 1.807) is 6.26 Å². The predicted octanol–water partition coefficient (Wildman–Crippen LogP) is 1.43. The molecule has 1 aliphatic rings. The number of hydrogen-bond acceptors (Lipinski definition) is 4. The van der Waals surface area contributed by atoms with Crippen molar-refractivity contribution in [3.05, 3.63) is 23.7 Å². The van der Waals surface area contributed by atoms with Gasteiger partial charge in [-0.25, -0.2) is 0 Å². The fourth-order valence-electron chi connectivity index (χ4n) is 1.71. The second-order valence-corrected chi connectivity index (χ2v) is 3.70. The van der Waals surface area contributed by atoms with Crippen molar-refractivity contribution in [2.24, 2.45) is 5.73 Å². The summed E-state index contributed by atoms with van der Waals surface area (Å²) in [7, 11) is 0. The van der Waals surface area contributed by atoms with E-state index in [2.05, 4.69) is 0 Å². The van der Waals surface area contributed by atoms with Gasteiger partial charge >= 0.3 is 0 Å². The van der Waals surface area contributed by atoms with Gasteiger partial charge in [-0.3, -0.25) is 0 Å². The average Bonchev–Trinajstić information content (AvgIpc) is 2.75. The average molecular weight is 211 g/mol. The van der Waals surface area contributed by atoms with Gasteiger partial charge in [0.15, 0.2) is 0 Å². The second kappa shape index (κ2) is 5.30. The van der Waals surface area contributed by atoms with Crippen molar-refractivity contribution in [1.29, 1.82) is 0 Å². The topological polar surface area (TPSA) is 57.6 Å². The lowest BCUT2D eigenvalue weighted by atomic mass is 10.1. The molecule has 0 atom stereocenters. The number of nitrogens with two attached hydrogens (primary N) is 1. The van der Waals surface area contributed by atoms with Crippen LogP contribution >= 0.6 is 0 Å². The molecule has 0 aliphatic carbocycles. The van der Waals surface area contributed by atoms with Crippen LogP contribution in [0.1, 0.15) is 24.2 Å². The zero-order valence-corrected chi connectivity index (χ0v) is 8.78. The molecule has 2 rings (SSSR count). The van der Waals surface area contributed by atoms with E-state index < -0.39 is 0 Å². The molecule has 1 saturated heterocycles. The largest absolute Gasteiger partial charge is 0.467 e. The first-order valence-electron chi connectivity index (χ1n) is 5.35. The molecule has 84 valence electrons. The van der Waals surface area contributed by atoms with Gasteiger partial charge in [0.2, 0.25) is 0 Å². The van der Waals surface area contributed by atoms with Crippen LogP contribution < -0.4 is 5.73 Å². The molecule has 0 bridgehead atoms. The summed E-state index contributed by atoms with van der Waals surface area (Å²) in [6.07, 6.45) is 3.90. The molecular weight excluding hydrogens is 194 g/mol. The Kier molecular flexibility index (Phi) is 3.77. The maximum absolute atomic E-state index is 5.74. The summed E-state index contributed by atoms with van der Waals surface area (Å²) in [5.74, 6) is 0.851. The summed E-state index contributed by atoms with van der Waals surface area (Å²) in [5.41, 5.74) is 6.60. The molecule has 0 radical (unpaired) electrons. The van der Waals surface area contributed by atoms with E-state index in [1.165, 1.54) is 0 Å². The normalized spacial score (nSPS) is 18.2. The molecule has 0 aromatic carbocycles. The molecule has 0 amide bonds. The first-order chi connectivity index (χ1) is 7.40. The zero-order valence-electron chi connectivity index (χ0n) is 8.78. The molecule has 4 nitrogen and oxygen atoms in total. The molecule has 1 aromatic rings. The summed E-state index contributed by atoms with van der Waals surface area (Å²) < 4.78 is 16.3. The molecule has 4 heteroatoms. The van der Waals surface area contributed by atoms with Crippen LogP contribution in [0.5, 0.6) is 0 Å². The number of furan rings is 1. The van der Waals surface area contributed by atoms with E-state index in [9.17, 15) is 0 Å². The van der Waals surface area contributed by atoms with Gasteiger partial charge in [-0.15, -0.1) is 0 Å². The molecule has 2 heterocycles. The van der Waals surface area contributed by atoms with Gasteiger partial charge in [0.1, 0.15) is 12.4 Å². The van der Waals surface area contributed by atoms with Crippen molar-refractivity contribution >= 4 is 0 Å². The predicted molar refractivity (Wildman–Crippen MR) is 55.2 cm³/mol. The minimum Gasteiger partial charge on any atom is -0.467 e. The SMILES string of the molecule is NCc1ccoc1COC1CCOCC1. The van der Waals surface area contributed by atoms with E-state index in [0.29, 0.717) is 19.3 Å². The zero-order chi connectivity index (χ0) is 10.5. The van der Waals surface area contributed by atoms with Crippen LogP contribution in [0, 0.1) is 0 Å². The van der Waals surface area contributed by atoms with E-state index in [0.717, 1.165) is 37.4 Å². The Bertz CT molecular complexity index is 292. The van der Waals surface area contributed by atoms with Crippen LogP contribution in [0.15, 0.2) is 16.7 Å². The Morgan fingerprint density at radius 2 is 2.20 bits per heavy atom. The lowest BCUT2D eigenvalue weighted by molar-refractivity contribution is -0.0435. The number of ether oxygens (including phenoxy) is 2. The summed E-state index contributed by atoms with van der Waals surface area (Å²) >= 11 is 0. The van der Waals surface area contributed by atoms with Crippen LogP contribution in [0.3, 0.4) is 0 Å². The van der Waals surface area contributed by atoms with Gasteiger partial charge in [-0.2, -0.15) is 0 Å². The fourth-order valence-corrected chi connectivity index (χ4v) is 1.71. The highest BCUT2D eigenvalue weighted by Crippen LogP contribution is 2.16. The van der Waals surface area contributed by atoms with Crippen LogP contribution in [-0.4, -0.2) is 19.3 Å². The van der Waals surface area contributed by atoms with Gasteiger partial charge in [-0.1, -0.05) is 0 Å². The Hall–Kier alpha value is -0.840. The smallest absolute Gasteiger partial charge is 0.133 e. The van der Waals surface area contributed by atoms with Crippen molar-refractivity contribution in [3.63, 3.8) is 0 Å². The third-order valence-electron chi connectivity index (χ3n) is 2.68. The van der Waals surface area contributed by atoms with Gasteiger partial charge in [-0.05, 0) is 18.9 Å². The molecule has 2 N–H and O–H groups in total. The van der Waals surface area contributed by atoms with E-state index in [-0.39, 0.29) is 0 Å². The van der Waals surface area contributed by atoms with Gasteiger partial charge in [0.25, 0.3) is 0 Å². The highest BCUT2D eigenvalue weighted by atomic mass is 16.5. The first kappa shape index (κ1) is 10.7. The third-order valence-corrected chi connectivity index (χ3v) is 2.68. The Morgan fingerprint density at radius 1 is 1.40 bits per heavy atom. The van der Waals surface area contributed by atoms with Crippen LogP contribution in [0.4, 0.5) is 0 Å². The maximum Gasteiger partial charge on any atom is 0.133 e. The molecule has 1 aliphatic heterocycles. The van der Waals surface area contributed by atoms with Crippen molar-refractivity contribution in [2.75, 3.05) is 13.2 Å². The van der Waals surface area contributed by atoms with Gasteiger partial charge < -0.3 is 19.6 Å². The molecule has 0 unspecified atom stereocenters. The Morgan fingerprint density at radius 3 is 2.93 bits per heavy atom. The molecular formula is C11H17NO3. The van der Waals surface area contributed by atoms with Crippen molar-refractivity contribution < 1.29 is 13.9 Å². The molecule has 1 aromatic heterocycles. The van der Waals surface area contributed by atoms with Gasteiger partial charge in [0.05, 0.1) is 12.4 Å². The lowest BCUT2D eigenvalue weighted by Crippen LogP contribution is -2.23. The summed E-state index contributed by atoms with van der Waals surface area (Å²) in [5, 5.41) is 0. The first-order valence-corrected chi connectivity index (χ1v) is 5.35. The number of hydrogen-bond donors (Lipinski definition) is 1. The van der Waals surface area contributed by atoms with Crippen molar-refractivity contribution in [3.8, 4) is 0 Å². The molecule has 15 heavy (non-hydrogen) atoms. The molecule has 0 saturated carbocycles. The van der Waals surface area contributed by atoms with E-state index >= 15 is 0 Å². The standard InChI is InChI=1S/C11H17NO3/c12-7-9-1-6-14-11(9)8-15-10-2-4-13-5-3-10/h1,6,10H,2-5,7-8,12H2. The third kappa shape index (κ3) is 2.81. The number of rotatable bonds is 4. The fraction of sp³-hybridized carbons (Fsp3) is 0.636. The lowest BCUT2D eigenvalue weighted by Gasteiger charge is -2.22. The Balaban J connectivity index is 1.81. The van der Waals surface area contributed by atoms with Crippen LogP contribution in [-0.2, 0) is 22.6 Å².